The predicted octanol–water partition coefficient (Wildman–Crippen LogP) is 3.46. The molecule has 1 saturated heterocycles. The fourth-order valence-electron chi connectivity index (χ4n) is 4.13. The summed E-state index contributed by atoms with van der Waals surface area (Å²) >= 11 is 0. The normalized spacial score (nSPS) is 23.4. The first-order valence-electron chi connectivity index (χ1n) is 9.04. The van der Waals surface area contributed by atoms with E-state index in [0.29, 0.717) is 5.92 Å². The Labute approximate surface area is 146 Å². The Morgan fingerprint density at radius 1 is 1.20 bits per heavy atom. The molecular formula is C20H22N4O. The Kier molecular flexibility index (Phi) is 3.16. The standard InChI is InChI=1S/C20H22N4O/c1-20(8-9-21-11-20)18-17(12-6-7-12)14-10-15(23-24-19(14)22-18)13-4-2-3-5-16(13)25/h2-5,10,12,21,25H,6-9,11H2,1H3,(H,22,24). The predicted molar refractivity (Wildman–Crippen MR) is 97.8 cm³/mol. The number of nitrogens with zero attached hydrogens (tertiary/aromatic N) is 2. The molecule has 3 heterocycles. The van der Waals surface area contributed by atoms with Gasteiger partial charge in [-0.05, 0) is 55.5 Å². The third kappa shape index (κ3) is 2.34. The fourth-order valence-corrected chi connectivity index (χ4v) is 4.13. The topological polar surface area (TPSA) is 73.8 Å². The maximum atomic E-state index is 10.2. The molecule has 2 aromatic heterocycles. The van der Waals surface area contributed by atoms with E-state index in [0.717, 1.165) is 36.4 Å². The van der Waals surface area contributed by atoms with Gasteiger partial charge in [-0.15, -0.1) is 10.2 Å². The summed E-state index contributed by atoms with van der Waals surface area (Å²) in [6.07, 6.45) is 3.63. The van der Waals surface area contributed by atoms with Gasteiger partial charge in [-0.2, -0.15) is 0 Å². The average Bonchev–Trinajstić information content (AvgIpc) is 3.23. The number of benzene rings is 1. The van der Waals surface area contributed by atoms with Gasteiger partial charge in [0.1, 0.15) is 5.75 Å². The number of hydrogen-bond acceptors (Lipinski definition) is 4. The van der Waals surface area contributed by atoms with E-state index in [2.05, 4.69) is 33.5 Å². The minimum absolute atomic E-state index is 0.133. The van der Waals surface area contributed by atoms with Crippen molar-refractivity contribution >= 4 is 11.0 Å². The summed E-state index contributed by atoms with van der Waals surface area (Å²) in [5.74, 6) is 0.870. The van der Waals surface area contributed by atoms with E-state index in [1.165, 1.54) is 29.5 Å². The summed E-state index contributed by atoms with van der Waals surface area (Å²) in [5, 5.41) is 23.6. The van der Waals surface area contributed by atoms with Crippen LogP contribution in [-0.4, -0.2) is 33.4 Å². The van der Waals surface area contributed by atoms with Crippen molar-refractivity contribution in [3.63, 3.8) is 0 Å². The van der Waals surface area contributed by atoms with Crippen LogP contribution in [0.5, 0.6) is 5.75 Å². The Morgan fingerprint density at radius 2 is 2.04 bits per heavy atom. The lowest BCUT2D eigenvalue weighted by atomic mass is 9.82. The lowest BCUT2D eigenvalue weighted by Crippen LogP contribution is -2.26. The molecule has 0 amide bonds. The van der Waals surface area contributed by atoms with Crippen LogP contribution in [0.2, 0.25) is 0 Å². The number of aromatic nitrogens is 3. The van der Waals surface area contributed by atoms with E-state index in [1.807, 2.05) is 18.2 Å². The zero-order valence-corrected chi connectivity index (χ0v) is 14.3. The number of rotatable bonds is 3. The van der Waals surface area contributed by atoms with Crippen LogP contribution in [0.25, 0.3) is 22.3 Å². The second-order valence-corrected chi connectivity index (χ2v) is 7.68. The van der Waals surface area contributed by atoms with Gasteiger partial charge in [-0.25, -0.2) is 0 Å². The van der Waals surface area contributed by atoms with Crippen LogP contribution in [0, 0.1) is 0 Å². The van der Waals surface area contributed by atoms with E-state index in [9.17, 15) is 5.11 Å². The Morgan fingerprint density at radius 3 is 2.76 bits per heavy atom. The molecule has 5 rings (SSSR count). The largest absolute Gasteiger partial charge is 0.507 e. The monoisotopic (exact) mass is 334 g/mol. The van der Waals surface area contributed by atoms with E-state index in [4.69, 9.17) is 0 Å². The highest BCUT2D eigenvalue weighted by Gasteiger charge is 2.39. The molecule has 0 spiro atoms. The summed E-state index contributed by atoms with van der Waals surface area (Å²) in [7, 11) is 0. The van der Waals surface area contributed by atoms with Gasteiger partial charge in [0.25, 0.3) is 0 Å². The number of hydrogen-bond donors (Lipinski definition) is 3. The van der Waals surface area contributed by atoms with Gasteiger partial charge in [-0.3, -0.25) is 0 Å². The highest BCUT2D eigenvalue weighted by Crippen LogP contribution is 2.49. The fraction of sp³-hybridized carbons (Fsp3) is 0.400. The van der Waals surface area contributed by atoms with Crippen molar-refractivity contribution in [2.24, 2.45) is 0 Å². The number of para-hydroxylation sites is 1. The van der Waals surface area contributed by atoms with Crippen molar-refractivity contribution in [1.82, 2.24) is 20.5 Å². The Hall–Kier alpha value is -2.40. The van der Waals surface area contributed by atoms with Gasteiger partial charge < -0.3 is 15.4 Å². The van der Waals surface area contributed by atoms with Crippen LogP contribution in [0.1, 0.15) is 43.4 Å². The molecule has 1 saturated carbocycles. The average molecular weight is 334 g/mol. The van der Waals surface area contributed by atoms with Crippen LogP contribution in [-0.2, 0) is 5.41 Å². The van der Waals surface area contributed by atoms with E-state index >= 15 is 0 Å². The molecule has 5 nitrogen and oxygen atoms in total. The van der Waals surface area contributed by atoms with Crippen molar-refractivity contribution in [2.45, 2.75) is 37.5 Å². The molecule has 1 unspecified atom stereocenters. The molecule has 128 valence electrons. The van der Waals surface area contributed by atoms with Crippen LogP contribution in [0.3, 0.4) is 0 Å². The van der Waals surface area contributed by atoms with Crippen LogP contribution in [0.4, 0.5) is 0 Å². The first-order valence-corrected chi connectivity index (χ1v) is 9.04. The Balaban J connectivity index is 1.71. The molecule has 25 heavy (non-hydrogen) atoms. The highest BCUT2D eigenvalue weighted by atomic mass is 16.3. The maximum Gasteiger partial charge on any atom is 0.160 e. The lowest BCUT2D eigenvalue weighted by molar-refractivity contribution is 0.477. The smallest absolute Gasteiger partial charge is 0.160 e. The molecule has 1 atom stereocenters. The van der Waals surface area contributed by atoms with Crippen molar-refractivity contribution in [3.8, 4) is 17.0 Å². The quantitative estimate of drug-likeness (QED) is 0.686. The van der Waals surface area contributed by atoms with E-state index < -0.39 is 0 Å². The van der Waals surface area contributed by atoms with Gasteiger partial charge in [0, 0.05) is 28.6 Å². The van der Waals surface area contributed by atoms with Gasteiger partial charge in [0.05, 0.1) is 5.69 Å². The third-order valence-corrected chi connectivity index (χ3v) is 5.73. The second kappa shape index (κ2) is 5.30. The van der Waals surface area contributed by atoms with Crippen molar-refractivity contribution in [1.29, 1.82) is 0 Å². The first kappa shape index (κ1) is 14.9. The molecule has 1 aliphatic heterocycles. The van der Waals surface area contributed by atoms with Gasteiger partial charge in [0.15, 0.2) is 5.65 Å². The van der Waals surface area contributed by atoms with Gasteiger partial charge in [-0.1, -0.05) is 19.1 Å². The summed E-state index contributed by atoms with van der Waals surface area (Å²) in [6, 6.07) is 9.41. The molecule has 3 aromatic rings. The number of aromatic hydroxyl groups is 1. The maximum absolute atomic E-state index is 10.2. The minimum Gasteiger partial charge on any atom is -0.507 e. The minimum atomic E-state index is 0.133. The van der Waals surface area contributed by atoms with Crippen molar-refractivity contribution in [2.75, 3.05) is 13.1 Å². The zero-order chi connectivity index (χ0) is 17.0. The lowest BCUT2D eigenvalue weighted by Gasteiger charge is -2.23. The second-order valence-electron chi connectivity index (χ2n) is 7.68. The highest BCUT2D eigenvalue weighted by molar-refractivity contribution is 5.86. The zero-order valence-electron chi connectivity index (χ0n) is 14.3. The van der Waals surface area contributed by atoms with Gasteiger partial charge >= 0.3 is 0 Å². The summed E-state index contributed by atoms with van der Waals surface area (Å²) in [6.45, 7) is 4.39. The number of phenolic OH excluding ortho intramolecular Hbond substituents is 1. The molecule has 1 aromatic carbocycles. The first-order chi connectivity index (χ1) is 12.2. The molecule has 3 N–H and O–H groups in total. The number of nitrogens with one attached hydrogen (secondary N) is 2. The number of H-pyrrole nitrogens is 1. The van der Waals surface area contributed by atoms with E-state index in [-0.39, 0.29) is 11.2 Å². The SMILES string of the molecule is CC1(c2[nH]c3nnc(-c4ccccc4O)cc3c2C2CC2)CCNC1. The van der Waals surface area contributed by atoms with Crippen LogP contribution >= 0.6 is 0 Å². The van der Waals surface area contributed by atoms with E-state index in [1.54, 1.807) is 6.07 Å². The molecule has 1 aliphatic carbocycles. The third-order valence-electron chi connectivity index (χ3n) is 5.73. The molecule has 5 heteroatoms. The number of aromatic amines is 1. The molecule has 0 bridgehead atoms. The molecule has 0 radical (unpaired) electrons. The summed E-state index contributed by atoms with van der Waals surface area (Å²) in [5.41, 5.74) is 5.21. The van der Waals surface area contributed by atoms with Crippen molar-refractivity contribution < 1.29 is 5.11 Å². The van der Waals surface area contributed by atoms with Crippen molar-refractivity contribution in [3.05, 3.63) is 41.6 Å². The summed E-state index contributed by atoms with van der Waals surface area (Å²) < 4.78 is 0. The molecular weight excluding hydrogens is 312 g/mol. The Bertz CT molecular complexity index is 951. The molecule has 2 fully saturated rings. The number of phenols is 1. The van der Waals surface area contributed by atoms with Gasteiger partial charge in [0.2, 0.25) is 0 Å². The van der Waals surface area contributed by atoms with Crippen LogP contribution in [0.15, 0.2) is 30.3 Å². The summed E-state index contributed by atoms with van der Waals surface area (Å²) in [4.78, 5) is 3.59. The number of fused-ring (bicyclic) bond motifs is 1. The van der Waals surface area contributed by atoms with Crippen LogP contribution < -0.4 is 5.32 Å². The molecule has 2 aliphatic rings.